The van der Waals surface area contributed by atoms with Gasteiger partial charge in [0.25, 0.3) is 0 Å². The molecule has 0 aromatic rings. The molecule has 114 valence electrons. The first-order valence-electron chi connectivity index (χ1n) is 7.29. The lowest BCUT2D eigenvalue weighted by Crippen LogP contribution is -2.46. The number of carbonyl (C=O) groups is 2. The molecule has 20 heavy (non-hydrogen) atoms. The van der Waals surface area contributed by atoms with Crippen LogP contribution < -0.4 is 5.32 Å². The average molecular weight is 316 g/mol. The number of hydrogen-bond donors (Lipinski definition) is 1. The molecule has 6 heteroatoms. The second kappa shape index (κ2) is 7.59. The summed E-state index contributed by atoms with van der Waals surface area (Å²) in [5, 5.41) is 3.00. The molecule has 2 saturated heterocycles. The van der Waals surface area contributed by atoms with Crippen molar-refractivity contribution in [2.45, 2.75) is 25.8 Å². The number of nitrogens with one attached hydrogen (secondary N) is 1. The molecule has 0 aromatic heterocycles. The van der Waals surface area contributed by atoms with Crippen LogP contribution in [0.15, 0.2) is 0 Å². The molecule has 2 amide bonds. The molecule has 1 N–H and O–H groups in total. The highest BCUT2D eigenvalue weighted by molar-refractivity contribution is 7.99. The molecular formula is C14H24N2O2S2. The van der Waals surface area contributed by atoms with Crippen molar-refractivity contribution in [2.24, 2.45) is 11.8 Å². The van der Waals surface area contributed by atoms with Crippen LogP contribution in [-0.2, 0) is 9.59 Å². The monoisotopic (exact) mass is 316 g/mol. The van der Waals surface area contributed by atoms with Crippen molar-refractivity contribution in [3.63, 3.8) is 0 Å². The first-order valence-corrected chi connectivity index (χ1v) is 9.60. The van der Waals surface area contributed by atoms with Crippen LogP contribution in [0.25, 0.3) is 0 Å². The van der Waals surface area contributed by atoms with Gasteiger partial charge < -0.3 is 10.2 Å². The van der Waals surface area contributed by atoms with Gasteiger partial charge in [-0.1, -0.05) is 0 Å². The maximum atomic E-state index is 12.3. The summed E-state index contributed by atoms with van der Waals surface area (Å²) in [7, 11) is 1.85. The zero-order valence-corrected chi connectivity index (χ0v) is 13.9. The number of hydrogen-bond acceptors (Lipinski definition) is 4. The van der Waals surface area contributed by atoms with Crippen LogP contribution in [0.2, 0.25) is 0 Å². The largest absolute Gasteiger partial charge is 0.354 e. The number of carbonyl (C=O) groups excluding carboxylic acids is 2. The van der Waals surface area contributed by atoms with Gasteiger partial charge in [-0.2, -0.15) is 23.5 Å². The molecule has 2 aliphatic rings. The van der Waals surface area contributed by atoms with Gasteiger partial charge in [0, 0.05) is 43.0 Å². The summed E-state index contributed by atoms with van der Waals surface area (Å²) in [5.74, 6) is 4.79. The fourth-order valence-corrected chi connectivity index (χ4v) is 4.94. The van der Waals surface area contributed by atoms with E-state index in [0.29, 0.717) is 6.54 Å². The van der Waals surface area contributed by atoms with E-state index in [4.69, 9.17) is 0 Å². The van der Waals surface area contributed by atoms with Gasteiger partial charge in [-0.05, 0) is 31.3 Å². The van der Waals surface area contributed by atoms with E-state index in [-0.39, 0.29) is 29.7 Å². The van der Waals surface area contributed by atoms with Crippen molar-refractivity contribution in [3.05, 3.63) is 0 Å². The minimum atomic E-state index is 0.0612. The van der Waals surface area contributed by atoms with E-state index in [0.717, 1.165) is 35.9 Å². The highest BCUT2D eigenvalue weighted by atomic mass is 32.2. The highest BCUT2D eigenvalue weighted by Gasteiger charge is 2.29. The van der Waals surface area contributed by atoms with Crippen LogP contribution in [0.1, 0.15) is 19.8 Å². The molecule has 4 nitrogen and oxygen atoms in total. The van der Waals surface area contributed by atoms with E-state index >= 15 is 0 Å². The van der Waals surface area contributed by atoms with Crippen molar-refractivity contribution in [1.82, 2.24) is 10.2 Å². The van der Waals surface area contributed by atoms with Crippen LogP contribution in [0.4, 0.5) is 0 Å². The van der Waals surface area contributed by atoms with Gasteiger partial charge in [-0.3, -0.25) is 9.59 Å². The molecule has 2 heterocycles. The second-order valence-corrected chi connectivity index (χ2v) is 7.96. The SMILES string of the molecule is C[C@H](CNC(=O)[C@H]1CCSC1)N(C)C(=O)[C@H]1CCSC1. The summed E-state index contributed by atoms with van der Waals surface area (Å²) in [6, 6.07) is 0.0612. The average Bonchev–Trinajstić information content (AvgIpc) is 3.14. The fourth-order valence-electron chi connectivity index (χ4n) is 2.51. The Morgan fingerprint density at radius 1 is 1.20 bits per heavy atom. The molecule has 0 bridgehead atoms. The van der Waals surface area contributed by atoms with Gasteiger partial charge in [-0.15, -0.1) is 0 Å². The van der Waals surface area contributed by atoms with Crippen LogP contribution in [0.5, 0.6) is 0 Å². The van der Waals surface area contributed by atoms with Crippen LogP contribution in [0.3, 0.4) is 0 Å². The van der Waals surface area contributed by atoms with E-state index in [2.05, 4.69) is 5.32 Å². The Balaban J connectivity index is 1.74. The third-order valence-electron chi connectivity index (χ3n) is 4.16. The maximum absolute atomic E-state index is 12.3. The standard InChI is InChI=1S/C14H24N2O2S2/c1-10(7-15-13(17)11-3-5-19-8-11)16(2)14(18)12-4-6-20-9-12/h10-12H,3-9H2,1-2H3,(H,15,17)/t10-,11+,12+/m1/s1. The van der Waals surface area contributed by atoms with Crippen LogP contribution in [-0.4, -0.2) is 59.4 Å². The Morgan fingerprint density at radius 2 is 1.80 bits per heavy atom. The Labute approximate surface area is 129 Å². The predicted octanol–water partition coefficient (Wildman–Crippen LogP) is 1.46. The Morgan fingerprint density at radius 3 is 2.35 bits per heavy atom. The lowest BCUT2D eigenvalue weighted by Gasteiger charge is -2.28. The Bertz CT molecular complexity index is 353. The molecule has 0 saturated carbocycles. The molecule has 2 aliphatic heterocycles. The van der Waals surface area contributed by atoms with E-state index in [1.807, 2.05) is 37.5 Å². The molecular weight excluding hydrogens is 292 g/mol. The molecule has 0 aromatic carbocycles. The number of nitrogens with zero attached hydrogens (tertiary/aromatic N) is 1. The summed E-state index contributed by atoms with van der Waals surface area (Å²) < 4.78 is 0. The Kier molecular flexibility index (Phi) is 6.08. The van der Waals surface area contributed by atoms with Gasteiger partial charge in [0.1, 0.15) is 0 Å². The molecule has 0 radical (unpaired) electrons. The number of amides is 2. The smallest absolute Gasteiger partial charge is 0.226 e. The second-order valence-electron chi connectivity index (χ2n) is 5.66. The molecule has 0 unspecified atom stereocenters. The topological polar surface area (TPSA) is 49.4 Å². The summed E-state index contributed by atoms with van der Waals surface area (Å²) in [5.41, 5.74) is 0. The lowest BCUT2D eigenvalue weighted by molar-refractivity contribution is -0.135. The predicted molar refractivity (Wildman–Crippen MR) is 86.1 cm³/mol. The van der Waals surface area contributed by atoms with Gasteiger partial charge >= 0.3 is 0 Å². The summed E-state index contributed by atoms with van der Waals surface area (Å²) in [6.45, 7) is 2.56. The van der Waals surface area contributed by atoms with Gasteiger partial charge in [0.2, 0.25) is 11.8 Å². The lowest BCUT2D eigenvalue weighted by atomic mass is 10.1. The maximum Gasteiger partial charge on any atom is 0.226 e. The van der Waals surface area contributed by atoms with E-state index < -0.39 is 0 Å². The zero-order valence-electron chi connectivity index (χ0n) is 12.3. The fraction of sp³-hybridized carbons (Fsp3) is 0.857. The van der Waals surface area contributed by atoms with E-state index in [1.165, 1.54) is 0 Å². The van der Waals surface area contributed by atoms with Crippen molar-refractivity contribution in [2.75, 3.05) is 36.6 Å². The van der Waals surface area contributed by atoms with Gasteiger partial charge in [-0.25, -0.2) is 0 Å². The quantitative estimate of drug-likeness (QED) is 0.834. The summed E-state index contributed by atoms with van der Waals surface area (Å²) in [4.78, 5) is 26.1. The summed E-state index contributed by atoms with van der Waals surface area (Å²) in [6.07, 6.45) is 1.98. The normalized spacial score (nSPS) is 27.3. The highest BCUT2D eigenvalue weighted by Crippen LogP contribution is 2.25. The third kappa shape index (κ3) is 4.07. The first kappa shape index (κ1) is 16.0. The molecule has 2 rings (SSSR count). The molecule has 0 aliphatic carbocycles. The minimum Gasteiger partial charge on any atom is -0.354 e. The zero-order chi connectivity index (χ0) is 14.5. The number of rotatable bonds is 5. The van der Waals surface area contributed by atoms with Crippen molar-refractivity contribution >= 4 is 35.3 Å². The van der Waals surface area contributed by atoms with Crippen LogP contribution in [0, 0.1) is 11.8 Å². The molecule has 0 spiro atoms. The minimum absolute atomic E-state index is 0.0612. The van der Waals surface area contributed by atoms with Crippen LogP contribution >= 0.6 is 23.5 Å². The Hall–Kier alpha value is -0.360. The number of thioether (sulfide) groups is 2. The summed E-state index contributed by atoms with van der Waals surface area (Å²) >= 11 is 3.70. The van der Waals surface area contributed by atoms with Crippen molar-refractivity contribution < 1.29 is 9.59 Å². The van der Waals surface area contributed by atoms with Gasteiger partial charge in [0.05, 0.1) is 0 Å². The van der Waals surface area contributed by atoms with Crippen molar-refractivity contribution in [3.8, 4) is 0 Å². The number of likely N-dealkylation sites (N-methyl/N-ethyl adjacent to an activating group) is 1. The van der Waals surface area contributed by atoms with E-state index in [9.17, 15) is 9.59 Å². The van der Waals surface area contributed by atoms with E-state index in [1.54, 1.807) is 4.90 Å². The van der Waals surface area contributed by atoms with Crippen molar-refractivity contribution in [1.29, 1.82) is 0 Å². The molecule has 2 fully saturated rings. The van der Waals surface area contributed by atoms with Gasteiger partial charge in [0.15, 0.2) is 0 Å². The third-order valence-corrected chi connectivity index (χ3v) is 6.48. The first-order chi connectivity index (χ1) is 9.59. The molecule has 3 atom stereocenters.